The predicted molar refractivity (Wildman–Crippen MR) is 88.1 cm³/mol. The molecule has 2 nitrogen and oxygen atoms in total. The van der Waals surface area contributed by atoms with E-state index >= 15 is 0 Å². The number of aryl methyl sites for hydroxylation is 1. The molecule has 0 aliphatic carbocycles. The molecule has 0 saturated carbocycles. The summed E-state index contributed by atoms with van der Waals surface area (Å²) >= 11 is 3.70. The molecule has 0 bridgehead atoms. The van der Waals surface area contributed by atoms with Gasteiger partial charge in [-0.1, -0.05) is 38.1 Å². The van der Waals surface area contributed by atoms with Crippen LogP contribution in [0.3, 0.4) is 0 Å². The van der Waals surface area contributed by atoms with Crippen LogP contribution in [0, 0.1) is 6.92 Å². The van der Waals surface area contributed by atoms with Gasteiger partial charge in [0.15, 0.2) is 0 Å². The van der Waals surface area contributed by atoms with Gasteiger partial charge >= 0.3 is 0 Å². The zero-order valence-electron chi connectivity index (χ0n) is 12.0. The maximum atomic E-state index is 6.08. The van der Waals surface area contributed by atoms with Gasteiger partial charge in [0.1, 0.15) is 11.3 Å². The Morgan fingerprint density at radius 3 is 2.70 bits per heavy atom. The number of rotatable bonds is 3. The van der Waals surface area contributed by atoms with Crippen molar-refractivity contribution in [1.82, 2.24) is 5.32 Å². The number of halogens is 1. The molecular weight excluding hydrogens is 314 g/mol. The predicted octanol–water partition coefficient (Wildman–Crippen LogP) is 5.15. The first-order valence-corrected chi connectivity index (χ1v) is 7.70. The molecule has 0 saturated heterocycles. The maximum absolute atomic E-state index is 6.08. The van der Waals surface area contributed by atoms with Crippen LogP contribution in [0.2, 0.25) is 0 Å². The van der Waals surface area contributed by atoms with Gasteiger partial charge in [-0.05, 0) is 45.3 Å². The summed E-state index contributed by atoms with van der Waals surface area (Å²) in [6.45, 7) is 7.18. The summed E-state index contributed by atoms with van der Waals surface area (Å²) in [6.07, 6.45) is 0. The molecule has 0 amide bonds. The summed E-state index contributed by atoms with van der Waals surface area (Å²) in [4.78, 5) is 0. The molecule has 0 aliphatic heterocycles. The second-order valence-corrected chi connectivity index (χ2v) is 6.27. The minimum atomic E-state index is 0.449. The summed E-state index contributed by atoms with van der Waals surface area (Å²) in [5.74, 6) is 1.02. The van der Waals surface area contributed by atoms with E-state index in [9.17, 15) is 0 Å². The molecule has 1 N–H and O–H groups in total. The Morgan fingerprint density at radius 2 is 1.95 bits per heavy atom. The first-order chi connectivity index (χ1) is 9.58. The molecule has 20 heavy (non-hydrogen) atoms. The fourth-order valence-electron chi connectivity index (χ4n) is 2.48. The van der Waals surface area contributed by atoms with Gasteiger partial charge in [0.25, 0.3) is 0 Å². The average molecular weight is 332 g/mol. The van der Waals surface area contributed by atoms with E-state index in [-0.39, 0.29) is 0 Å². The molecule has 104 valence electrons. The quantitative estimate of drug-likeness (QED) is 0.717. The van der Waals surface area contributed by atoms with Crippen molar-refractivity contribution in [2.24, 2.45) is 0 Å². The summed E-state index contributed by atoms with van der Waals surface area (Å²) in [5.41, 5.74) is 2.17. The lowest BCUT2D eigenvalue weighted by Crippen LogP contribution is -2.21. The third kappa shape index (κ3) is 2.25. The summed E-state index contributed by atoms with van der Waals surface area (Å²) in [5, 5.41) is 7.03. The van der Waals surface area contributed by atoms with Crippen molar-refractivity contribution < 1.29 is 4.42 Å². The molecule has 0 atom stereocenters. The molecule has 2 aromatic carbocycles. The van der Waals surface area contributed by atoms with Gasteiger partial charge < -0.3 is 9.73 Å². The molecule has 0 spiro atoms. The third-order valence-corrected chi connectivity index (χ3v) is 4.45. The summed E-state index contributed by atoms with van der Waals surface area (Å²) in [6, 6.07) is 11.0. The smallest absolute Gasteiger partial charge is 0.149 e. The Hall–Kier alpha value is -1.32. The molecule has 1 heterocycles. The van der Waals surface area contributed by atoms with Crippen molar-refractivity contribution in [3.63, 3.8) is 0 Å². The van der Waals surface area contributed by atoms with Gasteiger partial charge in [0, 0.05) is 11.4 Å². The van der Waals surface area contributed by atoms with E-state index < -0.39 is 0 Å². The highest BCUT2D eigenvalue weighted by Crippen LogP contribution is 2.36. The number of benzene rings is 2. The molecule has 0 unspecified atom stereocenters. The van der Waals surface area contributed by atoms with E-state index in [0.29, 0.717) is 6.04 Å². The zero-order valence-corrected chi connectivity index (χ0v) is 13.5. The van der Waals surface area contributed by atoms with Crippen LogP contribution in [-0.4, -0.2) is 6.04 Å². The molecule has 3 aromatic rings. The van der Waals surface area contributed by atoms with Crippen LogP contribution < -0.4 is 5.32 Å². The highest BCUT2D eigenvalue weighted by atomic mass is 79.9. The minimum Gasteiger partial charge on any atom is -0.458 e. The van der Waals surface area contributed by atoms with Crippen molar-refractivity contribution >= 4 is 37.7 Å². The fourth-order valence-corrected chi connectivity index (χ4v) is 3.13. The second kappa shape index (κ2) is 5.23. The number of nitrogens with one attached hydrogen (secondary N) is 1. The third-order valence-electron chi connectivity index (χ3n) is 3.66. The van der Waals surface area contributed by atoms with Gasteiger partial charge in [-0.25, -0.2) is 0 Å². The number of hydrogen-bond acceptors (Lipinski definition) is 2. The van der Waals surface area contributed by atoms with E-state index in [1.54, 1.807) is 0 Å². The lowest BCUT2D eigenvalue weighted by molar-refractivity contribution is 0.485. The van der Waals surface area contributed by atoms with Crippen LogP contribution in [0.5, 0.6) is 0 Å². The Labute approximate surface area is 127 Å². The molecule has 0 aliphatic rings. The number of fused-ring (bicyclic) bond motifs is 2. The molecule has 3 rings (SSSR count). The fraction of sp³-hybridized carbons (Fsp3) is 0.294. The van der Waals surface area contributed by atoms with E-state index in [0.717, 1.165) is 22.4 Å². The highest BCUT2D eigenvalue weighted by Gasteiger charge is 2.15. The Kier molecular flexibility index (Phi) is 3.57. The Morgan fingerprint density at radius 1 is 1.20 bits per heavy atom. The standard InChI is InChI=1S/C17H18BrNO/c1-10(2)19-9-15-11(3)14-8-12-6-4-5-7-13(12)16(18)17(14)20-15/h4-8,10,19H,9H2,1-3H3. The Balaban J connectivity index is 2.20. The molecule has 1 aromatic heterocycles. The monoisotopic (exact) mass is 331 g/mol. The van der Waals surface area contributed by atoms with Crippen molar-refractivity contribution in [2.75, 3.05) is 0 Å². The summed E-state index contributed by atoms with van der Waals surface area (Å²) < 4.78 is 7.12. The topological polar surface area (TPSA) is 25.2 Å². The average Bonchev–Trinajstić information content (AvgIpc) is 2.74. The first kappa shape index (κ1) is 13.7. The van der Waals surface area contributed by atoms with Crippen molar-refractivity contribution in [2.45, 2.75) is 33.4 Å². The summed E-state index contributed by atoms with van der Waals surface area (Å²) in [7, 11) is 0. The normalized spacial score (nSPS) is 11.8. The minimum absolute atomic E-state index is 0.449. The molecule has 0 radical (unpaired) electrons. The van der Waals surface area contributed by atoms with Crippen molar-refractivity contribution in [1.29, 1.82) is 0 Å². The number of hydrogen-bond donors (Lipinski definition) is 1. The van der Waals surface area contributed by atoms with Gasteiger partial charge in [-0.3, -0.25) is 0 Å². The lowest BCUT2D eigenvalue weighted by Gasteiger charge is -2.05. The van der Waals surface area contributed by atoms with Crippen LogP contribution >= 0.6 is 15.9 Å². The van der Waals surface area contributed by atoms with E-state index in [1.807, 2.05) is 0 Å². The largest absolute Gasteiger partial charge is 0.458 e. The van der Waals surface area contributed by atoms with Crippen LogP contribution in [0.25, 0.3) is 21.7 Å². The zero-order chi connectivity index (χ0) is 14.3. The van der Waals surface area contributed by atoms with Crippen molar-refractivity contribution in [3.05, 3.63) is 46.1 Å². The van der Waals surface area contributed by atoms with Gasteiger partial charge in [0.05, 0.1) is 11.0 Å². The Bertz CT molecular complexity index is 773. The second-order valence-electron chi connectivity index (χ2n) is 5.47. The maximum Gasteiger partial charge on any atom is 0.149 e. The number of furan rings is 1. The molecule has 0 fully saturated rings. The van der Waals surface area contributed by atoms with E-state index in [2.05, 4.69) is 72.3 Å². The molecule has 3 heteroatoms. The van der Waals surface area contributed by atoms with Crippen molar-refractivity contribution in [3.8, 4) is 0 Å². The van der Waals surface area contributed by atoms with Gasteiger partial charge in [0.2, 0.25) is 0 Å². The molecular formula is C17H18BrNO. The van der Waals surface area contributed by atoms with Crippen LogP contribution in [0.1, 0.15) is 25.2 Å². The van der Waals surface area contributed by atoms with Crippen LogP contribution in [0.15, 0.2) is 39.2 Å². The lowest BCUT2D eigenvalue weighted by atomic mass is 10.1. The van der Waals surface area contributed by atoms with E-state index in [1.165, 1.54) is 21.7 Å². The van der Waals surface area contributed by atoms with Crippen LogP contribution in [0.4, 0.5) is 0 Å². The highest BCUT2D eigenvalue weighted by molar-refractivity contribution is 9.10. The van der Waals surface area contributed by atoms with E-state index in [4.69, 9.17) is 4.42 Å². The van der Waals surface area contributed by atoms with Crippen LogP contribution in [-0.2, 0) is 6.54 Å². The SMILES string of the molecule is Cc1c(CNC(C)C)oc2c(Br)c3ccccc3cc12. The van der Waals surface area contributed by atoms with Gasteiger partial charge in [-0.2, -0.15) is 0 Å². The first-order valence-electron chi connectivity index (χ1n) is 6.90. The van der Waals surface area contributed by atoms with Gasteiger partial charge in [-0.15, -0.1) is 0 Å².